The van der Waals surface area contributed by atoms with Crippen molar-refractivity contribution >= 4 is 45.0 Å². The van der Waals surface area contributed by atoms with Gasteiger partial charge in [-0.25, -0.2) is 4.98 Å². The molecule has 13 nitrogen and oxygen atoms in total. The van der Waals surface area contributed by atoms with Gasteiger partial charge in [-0.1, -0.05) is 25.4 Å². The first-order valence-electron chi connectivity index (χ1n) is 15.3. The summed E-state index contributed by atoms with van der Waals surface area (Å²) < 4.78 is 10.6. The minimum Gasteiger partial charge on any atom is -0.504 e. The van der Waals surface area contributed by atoms with E-state index in [1.165, 1.54) is 6.42 Å². The van der Waals surface area contributed by atoms with Crippen molar-refractivity contribution in [1.29, 1.82) is 0 Å². The molecule has 0 saturated carbocycles. The fraction of sp³-hybridized carbons (Fsp3) is 0.469. The molecule has 1 aliphatic rings. The highest BCUT2D eigenvalue weighted by atomic mass is 35.5. The first kappa shape index (κ1) is 35.1. The van der Waals surface area contributed by atoms with Crippen LogP contribution in [0.1, 0.15) is 55.9 Å². The van der Waals surface area contributed by atoms with Crippen LogP contribution < -0.4 is 15.8 Å². The molecule has 2 aromatic heterocycles. The second-order valence-corrected chi connectivity index (χ2v) is 11.6. The summed E-state index contributed by atoms with van der Waals surface area (Å²) in [4.78, 5) is 18.2. The van der Waals surface area contributed by atoms with Gasteiger partial charge in [-0.05, 0) is 75.8 Å². The van der Waals surface area contributed by atoms with Crippen LogP contribution in [0.25, 0.3) is 21.8 Å². The van der Waals surface area contributed by atoms with Gasteiger partial charge < -0.3 is 45.9 Å². The van der Waals surface area contributed by atoms with Gasteiger partial charge in [0.1, 0.15) is 35.9 Å². The molecule has 4 aromatic rings. The van der Waals surface area contributed by atoms with Crippen molar-refractivity contribution in [2.75, 3.05) is 38.7 Å². The number of aromatic amines is 1. The molecule has 3 heterocycles. The number of carbonyl (C=O) groups is 1. The van der Waals surface area contributed by atoms with Crippen molar-refractivity contribution < 1.29 is 34.7 Å². The van der Waals surface area contributed by atoms with Crippen molar-refractivity contribution in [2.45, 2.75) is 64.1 Å². The zero-order valence-corrected chi connectivity index (χ0v) is 27.2. The fourth-order valence-electron chi connectivity index (χ4n) is 5.50. The highest BCUT2D eigenvalue weighted by Gasteiger charge is 2.45. The monoisotopic (exact) mass is 658 g/mol. The number of benzene rings is 2. The van der Waals surface area contributed by atoms with E-state index in [2.05, 4.69) is 53.3 Å². The Labute approximate surface area is 272 Å². The molecule has 46 heavy (non-hydrogen) atoms. The highest BCUT2D eigenvalue weighted by molar-refractivity contribution is 6.31. The Morgan fingerprint density at radius 3 is 2.50 bits per heavy atom. The van der Waals surface area contributed by atoms with Crippen LogP contribution in [0.5, 0.6) is 11.5 Å². The molecule has 250 valence electrons. The summed E-state index contributed by atoms with van der Waals surface area (Å²) in [6, 6.07) is 12.3. The number of nitrogens with zero attached hydrogens (tertiary/aromatic N) is 3. The Kier molecular flexibility index (Phi) is 12.0. The van der Waals surface area contributed by atoms with Crippen LogP contribution >= 0.6 is 11.6 Å². The maximum absolute atomic E-state index is 10.9. The van der Waals surface area contributed by atoms with Gasteiger partial charge in [-0.2, -0.15) is 5.10 Å². The number of nitrogens with one attached hydrogen (secondary N) is 2. The second-order valence-electron chi connectivity index (χ2n) is 11.2. The average Bonchev–Trinajstić information content (AvgIpc) is 3.57. The molecule has 0 spiro atoms. The Bertz CT molecular complexity index is 1630. The number of pyridine rings is 1. The third kappa shape index (κ3) is 7.80. The first-order chi connectivity index (χ1) is 22.0. The minimum atomic E-state index is -1.38. The van der Waals surface area contributed by atoms with Gasteiger partial charge in [0, 0.05) is 21.8 Å². The molecule has 0 aliphatic carbocycles. The van der Waals surface area contributed by atoms with Gasteiger partial charge in [0.25, 0.3) is 5.91 Å². The number of fused-ring (bicyclic) bond motifs is 2. The van der Waals surface area contributed by atoms with E-state index in [-0.39, 0.29) is 11.4 Å². The van der Waals surface area contributed by atoms with E-state index in [4.69, 9.17) is 36.9 Å². The number of halogens is 1. The number of rotatable bonds is 12. The molecule has 5 atom stereocenters. The summed E-state index contributed by atoms with van der Waals surface area (Å²) in [6.07, 6.45) is -2.55. The quantitative estimate of drug-likeness (QED) is 0.110. The van der Waals surface area contributed by atoms with E-state index in [0.717, 1.165) is 59.3 Å². The normalized spacial score (nSPS) is 20.1. The molecule has 0 bridgehead atoms. The fourth-order valence-corrected chi connectivity index (χ4v) is 5.67. The van der Waals surface area contributed by atoms with Crippen molar-refractivity contribution in [3.05, 3.63) is 52.8 Å². The van der Waals surface area contributed by atoms with Gasteiger partial charge in [0.2, 0.25) is 0 Å². The van der Waals surface area contributed by atoms with Crippen molar-refractivity contribution in [3.63, 3.8) is 0 Å². The number of anilines is 1. The number of hydrogen-bond acceptors (Lipinski definition) is 11. The third-order valence-corrected chi connectivity index (χ3v) is 8.40. The molecular formula is C32H43ClN6O7. The lowest BCUT2D eigenvalue weighted by atomic mass is 10.1. The van der Waals surface area contributed by atoms with Crippen LogP contribution in [0.4, 0.5) is 5.69 Å². The first-order valence-corrected chi connectivity index (χ1v) is 15.7. The lowest BCUT2D eigenvalue weighted by molar-refractivity contribution is -0.0245. The number of nitrogens with two attached hydrogens (primary N) is 1. The number of aliphatic hydroxyl groups excluding tert-OH is 3. The van der Waals surface area contributed by atoms with E-state index in [1.807, 2.05) is 24.3 Å². The summed E-state index contributed by atoms with van der Waals surface area (Å²) in [6.45, 7) is 9.55. The van der Waals surface area contributed by atoms with Crippen molar-refractivity contribution in [2.24, 2.45) is 5.73 Å². The Balaban J connectivity index is 0.000000230. The zero-order valence-electron chi connectivity index (χ0n) is 26.4. The third-order valence-electron chi connectivity index (χ3n) is 8.17. The van der Waals surface area contributed by atoms with Crippen molar-refractivity contribution in [3.8, 4) is 11.5 Å². The van der Waals surface area contributed by atoms with Crippen LogP contribution in [0.15, 0.2) is 36.4 Å². The largest absolute Gasteiger partial charge is 0.504 e. The van der Waals surface area contributed by atoms with E-state index < -0.39 is 42.7 Å². The summed E-state index contributed by atoms with van der Waals surface area (Å²) >= 11 is 6.22. The van der Waals surface area contributed by atoms with Crippen LogP contribution in [-0.4, -0.2) is 104 Å². The number of ether oxygens (including phenoxy) is 2. The molecule has 0 radical (unpaired) electrons. The van der Waals surface area contributed by atoms with Gasteiger partial charge >= 0.3 is 0 Å². The molecular weight excluding hydrogens is 616 g/mol. The number of methoxy groups -OCH3 is 1. The van der Waals surface area contributed by atoms with Crippen LogP contribution in [0, 0.1) is 0 Å². The van der Waals surface area contributed by atoms with E-state index in [9.17, 15) is 20.1 Å². The van der Waals surface area contributed by atoms with E-state index in [1.54, 1.807) is 7.11 Å². The van der Waals surface area contributed by atoms with Gasteiger partial charge in [0.15, 0.2) is 11.4 Å². The Morgan fingerprint density at radius 2 is 1.89 bits per heavy atom. The summed E-state index contributed by atoms with van der Waals surface area (Å²) in [7, 11) is 1.69. The Morgan fingerprint density at radius 1 is 1.15 bits per heavy atom. The molecule has 2 aromatic carbocycles. The molecule has 14 heteroatoms. The number of primary amides is 1. The van der Waals surface area contributed by atoms with Gasteiger partial charge in [0.05, 0.1) is 30.4 Å². The molecule has 1 amide bonds. The predicted molar refractivity (Wildman–Crippen MR) is 176 cm³/mol. The molecule has 1 unspecified atom stereocenters. The van der Waals surface area contributed by atoms with E-state index in [0.29, 0.717) is 11.1 Å². The molecule has 8 N–H and O–H groups in total. The van der Waals surface area contributed by atoms with Gasteiger partial charge in [-0.15, -0.1) is 0 Å². The number of hydrogen-bond donors (Lipinski definition) is 7. The maximum Gasteiger partial charge on any atom is 0.270 e. The lowest BCUT2D eigenvalue weighted by Gasteiger charge is -2.22. The smallest absolute Gasteiger partial charge is 0.270 e. The van der Waals surface area contributed by atoms with Crippen molar-refractivity contribution in [1.82, 2.24) is 20.1 Å². The number of H-pyrrole nitrogens is 1. The summed E-state index contributed by atoms with van der Waals surface area (Å²) in [5.41, 5.74) is 7.46. The summed E-state index contributed by atoms with van der Waals surface area (Å²) in [5, 5.41) is 50.3. The molecule has 5 rings (SSSR count). The zero-order chi connectivity index (χ0) is 33.5. The summed E-state index contributed by atoms with van der Waals surface area (Å²) in [5.74, 6) is -0.629. The number of aromatic nitrogens is 3. The molecule has 1 saturated heterocycles. The number of aliphatic hydroxyl groups is 3. The lowest BCUT2D eigenvalue weighted by Crippen LogP contribution is -2.32. The number of amides is 1. The standard InChI is InChI=1S/C23H30ClN3O.C9H13N3O6/c1-5-27(6-2)13-7-8-16(3)25-23-19-11-9-17(24)14-22(19)26-21-12-10-18(28-4)15-20(21)23;10-9(17)4-6(15)3(11-12-4)8-7(16)5(14)2(1-13)18-8/h9-12,14-16H,5-8,13H2,1-4H3,(H,25,26);2,5,7-8,13-16H,1H2,(H2,10,17)(H,11,12)/t;2-,5-,7-,8+/m.1/s1. The highest BCUT2D eigenvalue weighted by Crippen LogP contribution is 2.38. The van der Waals surface area contributed by atoms with E-state index >= 15 is 0 Å². The molecule has 1 fully saturated rings. The molecule has 1 aliphatic heterocycles. The topological polar surface area (TPSA) is 199 Å². The maximum atomic E-state index is 10.9. The van der Waals surface area contributed by atoms with Crippen LogP contribution in [-0.2, 0) is 4.74 Å². The number of carbonyl (C=O) groups excluding carboxylic acids is 1. The Hall–Kier alpha value is -3.72. The number of aromatic hydroxyl groups is 1. The predicted octanol–water partition coefficient (Wildman–Crippen LogP) is 3.34. The van der Waals surface area contributed by atoms with Crippen LogP contribution in [0.2, 0.25) is 5.02 Å². The minimum absolute atomic E-state index is 0.147. The van der Waals surface area contributed by atoms with Crippen LogP contribution in [0.3, 0.4) is 0 Å². The average molecular weight is 659 g/mol. The second kappa shape index (κ2) is 15.7. The van der Waals surface area contributed by atoms with Gasteiger partial charge in [-0.3, -0.25) is 9.89 Å². The SMILES string of the molecule is CCN(CC)CCCC(C)Nc1c2ccc(Cl)cc2nc2ccc(OC)cc12.NC(=O)c1[nH]nc([C@@H]2O[C@H](CO)[C@@H](O)[C@H]2O)c1O.